The van der Waals surface area contributed by atoms with Crippen LogP contribution in [0.5, 0.6) is 5.75 Å². The lowest BCUT2D eigenvalue weighted by atomic mass is 9.78. The van der Waals surface area contributed by atoms with E-state index in [-0.39, 0.29) is 11.3 Å². The molecule has 210 valence electrons. The summed E-state index contributed by atoms with van der Waals surface area (Å²) >= 11 is 0. The van der Waals surface area contributed by atoms with E-state index in [0.717, 1.165) is 36.5 Å². The lowest BCUT2D eigenvalue weighted by Crippen LogP contribution is -2.22. The van der Waals surface area contributed by atoms with E-state index in [4.69, 9.17) is 4.74 Å². The summed E-state index contributed by atoms with van der Waals surface area (Å²) in [6, 6.07) is 16.8. The number of alkyl halides is 5. The zero-order chi connectivity index (χ0) is 27.9. The molecule has 6 heteroatoms. The average molecular weight is 545 g/mol. The fourth-order valence-corrected chi connectivity index (χ4v) is 5.56. The van der Waals surface area contributed by atoms with Crippen molar-refractivity contribution in [2.75, 3.05) is 0 Å². The van der Waals surface area contributed by atoms with Gasteiger partial charge in [-0.2, -0.15) is 22.0 Å². The molecule has 1 aliphatic carbocycles. The van der Waals surface area contributed by atoms with Crippen LogP contribution in [0.3, 0.4) is 0 Å². The summed E-state index contributed by atoms with van der Waals surface area (Å²) in [5.74, 6) is 1.48. The third kappa shape index (κ3) is 8.06. The summed E-state index contributed by atoms with van der Waals surface area (Å²) in [7, 11) is 0. The lowest BCUT2D eigenvalue weighted by molar-refractivity contribution is -0.185. The van der Waals surface area contributed by atoms with Crippen LogP contribution in [-0.4, -0.2) is 0 Å². The highest BCUT2D eigenvalue weighted by molar-refractivity contribution is 5.70. The molecule has 1 nitrogen and oxygen atoms in total. The molecule has 0 spiro atoms. The highest BCUT2D eigenvalue weighted by atomic mass is 19.4. The molecule has 0 atom stereocenters. The van der Waals surface area contributed by atoms with Gasteiger partial charge in [0.15, 0.2) is 0 Å². The SMILES string of the molecule is CCCCCC1CCC(CCc2ccc(C(F)(F)Oc3ccccc3-c3ccc(C(F)(F)F)cc3)cc2)CC1. The van der Waals surface area contributed by atoms with E-state index in [0.29, 0.717) is 17.0 Å². The van der Waals surface area contributed by atoms with Gasteiger partial charge in [0.05, 0.1) is 11.1 Å². The number of halogens is 5. The number of hydrogen-bond acceptors (Lipinski definition) is 1. The summed E-state index contributed by atoms with van der Waals surface area (Å²) in [6.07, 6.45) is 4.31. The van der Waals surface area contributed by atoms with Gasteiger partial charge in [0.1, 0.15) is 5.75 Å². The number of rotatable bonds is 11. The number of benzene rings is 3. The highest BCUT2D eigenvalue weighted by Gasteiger charge is 2.35. The van der Waals surface area contributed by atoms with Gasteiger partial charge in [-0.25, -0.2) is 0 Å². The van der Waals surface area contributed by atoms with Crippen LogP contribution in [0.25, 0.3) is 11.1 Å². The van der Waals surface area contributed by atoms with Crippen LogP contribution in [0.15, 0.2) is 72.8 Å². The minimum Gasteiger partial charge on any atom is -0.428 e. The Labute approximate surface area is 228 Å². The molecule has 1 aliphatic rings. The van der Waals surface area contributed by atoms with Crippen molar-refractivity contribution in [3.05, 3.63) is 89.5 Å². The Morgan fingerprint density at radius 2 is 1.28 bits per heavy atom. The molecule has 0 saturated heterocycles. The molecular formula is C33H37F5O. The van der Waals surface area contributed by atoms with Crippen molar-refractivity contribution >= 4 is 0 Å². The zero-order valence-electron chi connectivity index (χ0n) is 22.5. The normalized spacial score (nSPS) is 18.2. The molecule has 0 amide bonds. The molecule has 0 heterocycles. The molecule has 1 saturated carbocycles. The first-order valence-corrected chi connectivity index (χ1v) is 14.1. The minimum atomic E-state index is -4.47. The second-order valence-electron chi connectivity index (χ2n) is 10.8. The Hall–Kier alpha value is -2.89. The average Bonchev–Trinajstić information content (AvgIpc) is 2.93. The lowest BCUT2D eigenvalue weighted by Gasteiger charge is -2.28. The van der Waals surface area contributed by atoms with Crippen molar-refractivity contribution in [1.82, 2.24) is 0 Å². The Morgan fingerprint density at radius 1 is 0.692 bits per heavy atom. The molecule has 4 rings (SSSR count). The van der Waals surface area contributed by atoms with Gasteiger partial charge in [0.25, 0.3) is 0 Å². The maximum absolute atomic E-state index is 15.1. The van der Waals surface area contributed by atoms with Crippen LogP contribution in [-0.2, 0) is 18.7 Å². The summed E-state index contributed by atoms with van der Waals surface area (Å²) in [5.41, 5.74) is 0.623. The first-order chi connectivity index (χ1) is 18.7. The molecule has 0 aromatic heterocycles. The van der Waals surface area contributed by atoms with Crippen molar-refractivity contribution < 1.29 is 26.7 Å². The van der Waals surface area contributed by atoms with Gasteiger partial charge in [0.2, 0.25) is 0 Å². The third-order valence-corrected chi connectivity index (χ3v) is 7.96. The maximum Gasteiger partial charge on any atom is 0.426 e. The van der Waals surface area contributed by atoms with Crippen LogP contribution >= 0.6 is 0 Å². The molecule has 1 fully saturated rings. The molecule has 0 bridgehead atoms. The molecule has 3 aromatic rings. The smallest absolute Gasteiger partial charge is 0.426 e. The molecule has 3 aromatic carbocycles. The largest absolute Gasteiger partial charge is 0.428 e. The summed E-state index contributed by atoms with van der Waals surface area (Å²) in [6.45, 7) is 2.24. The Balaban J connectivity index is 1.34. The predicted octanol–water partition coefficient (Wildman–Crippen LogP) is 10.8. The van der Waals surface area contributed by atoms with Crippen LogP contribution < -0.4 is 4.74 Å². The fourth-order valence-electron chi connectivity index (χ4n) is 5.56. The van der Waals surface area contributed by atoms with E-state index < -0.39 is 17.8 Å². The minimum absolute atomic E-state index is 0.100. The zero-order valence-corrected chi connectivity index (χ0v) is 22.5. The molecule has 0 unspecified atom stereocenters. The topological polar surface area (TPSA) is 9.23 Å². The Morgan fingerprint density at radius 3 is 1.90 bits per heavy atom. The van der Waals surface area contributed by atoms with Crippen LogP contribution in [0.4, 0.5) is 22.0 Å². The maximum atomic E-state index is 15.1. The summed E-state index contributed by atoms with van der Waals surface area (Å²) in [4.78, 5) is 0. The van der Waals surface area contributed by atoms with E-state index in [9.17, 15) is 13.2 Å². The van der Waals surface area contributed by atoms with Gasteiger partial charge in [-0.3, -0.25) is 0 Å². The Kier molecular flexibility index (Phi) is 9.68. The van der Waals surface area contributed by atoms with E-state index in [1.54, 1.807) is 30.3 Å². The molecule has 0 N–H and O–H groups in total. The summed E-state index contributed by atoms with van der Waals surface area (Å²) in [5, 5.41) is 0. The quantitative estimate of drug-likeness (QED) is 0.172. The van der Waals surface area contributed by atoms with E-state index in [1.807, 2.05) is 0 Å². The van der Waals surface area contributed by atoms with Gasteiger partial charge < -0.3 is 4.74 Å². The van der Waals surface area contributed by atoms with Gasteiger partial charge in [0, 0.05) is 5.56 Å². The van der Waals surface area contributed by atoms with Crippen molar-refractivity contribution in [2.24, 2.45) is 11.8 Å². The van der Waals surface area contributed by atoms with Crippen molar-refractivity contribution in [3.8, 4) is 16.9 Å². The second kappa shape index (κ2) is 13.0. The van der Waals surface area contributed by atoms with Gasteiger partial charge in [-0.15, -0.1) is 0 Å². The number of hydrogen-bond donors (Lipinski definition) is 0. The van der Waals surface area contributed by atoms with Crippen LogP contribution in [0, 0.1) is 11.8 Å². The van der Waals surface area contributed by atoms with Gasteiger partial charge >= 0.3 is 12.3 Å². The Bertz CT molecular complexity index is 1160. The predicted molar refractivity (Wildman–Crippen MR) is 146 cm³/mol. The highest BCUT2D eigenvalue weighted by Crippen LogP contribution is 2.39. The van der Waals surface area contributed by atoms with Crippen LogP contribution in [0.1, 0.15) is 81.4 Å². The molecular weight excluding hydrogens is 507 g/mol. The standard InChI is InChI=1S/C33H37F5O/c1-2-3-4-7-24-10-12-25(13-11-24)14-15-26-16-20-29(21-17-26)33(37,38)39-31-9-6-5-8-30(31)27-18-22-28(23-19-27)32(34,35)36/h5-6,8-9,16-25H,2-4,7,10-15H2,1H3. The second-order valence-corrected chi connectivity index (χ2v) is 10.8. The van der Waals surface area contributed by atoms with E-state index >= 15 is 8.78 Å². The van der Waals surface area contributed by atoms with Gasteiger partial charge in [-0.05, 0) is 66.1 Å². The van der Waals surface area contributed by atoms with Crippen molar-refractivity contribution in [3.63, 3.8) is 0 Å². The first kappa shape index (κ1) is 29.1. The van der Waals surface area contributed by atoms with Gasteiger partial charge in [-0.1, -0.05) is 101 Å². The number of unbranched alkanes of at least 4 members (excludes halogenated alkanes) is 2. The number of para-hydroxylation sites is 1. The fraction of sp³-hybridized carbons (Fsp3) is 0.455. The molecule has 39 heavy (non-hydrogen) atoms. The number of ether oxygens (including phenoxy) is 1. The number of aryl methyl sites for hydroxylation is 1. The molecule has 0 radical (unpaired) electrons. The third-order valence-electron chi connectivity index (χ3n) is 7.96. The van der Waals surface area contributed by atoms with E-state index in [1.165, 1.54) is 81.7 Å². The van der Waals surface area contributed by atoms with Crippen molar-refractivity contribution in [1.29, 1.82) is 0 Å². The van der Waals surface area contributed by atoms with Crippen LogP contribution in [0.2, 0.25) is 0 Å². The van der Waals surface area contributed by atoms with E-state index in [2.05, 4.69) is 6.92 Å². The summed E-state index contributed by atoms with van der Waals surface area (Å²) < 4.78 is 74.2. The first-order valence-electron chi connectivity index (χ1n) is 14.1. The molecule has 0 aliphatic heterocycles. The van der Waals surface area contributed by atoms with Crippen molar-refractivity contribution in [2.45, 2.75) is 83.4 Å². The monoisotopic (exact) mass is 544 g/mol.